The largest absolute Gasteiger partial charge is 0.511 e. The second kappa shape index (κ2) is 11.6. The van der Waals surface area contributed by atoms with Crippen LogP contribution in [0.25, 0.3) is 11.5 Å². The first-order valence-electron chi connectivity index (χ1n) is 11.0. The Balaban J connectivity index is 1.60. The van der Waals surface area contributed by atoms with Gasteiger partial charge in [0.15, 0.2) is 0 Å². The highest BCUT2D eigenvalue weighted by Crippen LogP contribution is 2.24. The van der Waals surface area contributed by atoms with E-state index in [1.54, 1.807) is 12.1 Å². The van der Waals surface area contributed by atoms with Crippen LogP contribution in [0.4, 0.5) is 13.2 Å². The molecule has 0 unspecified atom stereocenters. The molecule has 0 amide bonds. The van der Waals surface area contributed by atoms with Gasteiger partial charge in [0.1, 0.15) is 17.6 Å². The van der Waals surface area contributed by atoms with Crippen LogP contribution in [0.2, 0.25) is 0 Å². The minimum Gasteiger partial charge on any atom is -0.493 e. The summed E-state index contributed by atoms with van der Waals surface area (Å²) in [5.74, 6) is 0.569. The third-order valence-corrected chi connectivity index (χ3v) is 6.26. The summed E-state index contributed by atoms with van der Waals surface area (Å²) < 4.78 is 78.8. The van der Waals surface area contributed by atoms with E-state index in [1.165, 1.54) is 23.8 Å². The average Bonchev–Trinajstić information content (AvgIpc) is 3.20. The van der Waals surface area contributed by atoms with Crippen LogP contribution in [-0.4, -0.2) is 44.1 Å². The Hall–Kier alpha value is -3.38. The second-order valence-electron chi connectivity index (χ2n) is 7.71. The van der Waals surface area contributed by atoms with E-state index < -0.39 is 27.5 Å². The van der Waals surface area contributed by atoms with Crippen molar-refractivity contribution in [3.05, 3.63) is 71.6 Å². The zero-order valence-electron chi connectivity index (χ0n) is 19.5. The first kappa shape index (κ1) is 27.2. The molecule has 36 heavy (non-hydrogen) atoms. The maximum absolute atomic E-state index is 12.8. The lowest BCUT2D eigenvalue weighted by Crippen LogP contribution is -2.48. The van der Waals surface area contributed by atoms with Crippen LogP contribution in [-0.2, 0) is 32.4 Å². The molecule has 0 fully saturated rings. The molecular formula is C24H25F3N2O6S. The van der Waals surface area contributed by atoms with Crippen LogP contribution in [0.15, 0.2) is 59.0 Å². The van der Waals surface area contributed by atoms with Crippen molar-refractivity contribution in [2.75, 3.05) is 13.2 Å². The van der Waals surface area contributed by atoms with Crippen LogP contribution in [0.3, 0.4) is 0 Å². The average molecular weight is 527 g/mol. The molecule has 2 aromatic carbocycles. The van der Waals surface area contributed by atoms with Crippen molar-refractivity contribution in [2.24, 2.45) is 0 Å². The van der Waals surface area contributed by atoms with Crippen LogP contribution < -0.4 is 9.46 Å². The number of halogens is 3. The molecular weight excluding hydrogens is 501 g/mol. The molecule has 0 aliphatic rings. The minimum absolute atomic E-state index is 0.117. The van der Waals surface area contributed by atoms with Gasteiger partial charge in [-0.1, -0.05) is 30.3 Å². The van der Waals surface area contributed by atoms with Gasteiger partial charge in [-0.3, -0.25) is 4.79 Å². The second-order valence-corrected chi connectivity index (χ2v) is 9.41. The van der Waals surface area contributed by atoms with E-state index in [1.807, 2.05) is 37.3 Å². The van der Waals surface area contributed by atoms with Gasteiger partial charge in [-0.15, -0.1) is 0 Å². The van der Waals surface area contributed by atoms with E-state index in [9.17, 15) is 26.4 Å². The van der Waals surface area contributed by atoms with Gasteiger partial charge in [0.05, 0.1) is 18.9 Å². The number of aromatic nitrogens is 1. The summed E-state index contributed by atoms with van der Waals surface area (Å²) in [5, 5.41) is 0. The minimum atomic E-state index is -5.74. The molecule has 0 spiro atoms. The molecule has 194 valence electrons. The smallest absolute Gasteiger partial charge is 0.493 e. The number of esters is 1. The number of nitrogens with zero attached hydrogens (tertiary/aromatic N) is 1. The molecule has 0 aliphatic carbocycles. The molecule has 1 atom stereocenters. The molecule has 8 nitrogen and oxygen atoms in total. The van der Waals surface area contributed by atoms with Crippen molar-refractivity contribution >= 4 is 16.0 Å². The molecule has 3 rings (SSSR count). The fourth-order valence-electron chi connectivity index (χ4n) is 3.26. The highest BCUT2D eigenvalue weighted by atomic mass is 32.2. The quantitative estimate of drug-likeness (QED) is 0.374. The number of hydrogen-bond donors (Lipinski definition) is 1. The number of carbonyl (C=O) groups excluding carboxylic acids is 1. The monoisotopic (exact) mass is 526 g/mol. The first-order valence-corrected chi connectivity index (χ1v) is 12.5. The predicted molar refractivity (Wildman–Crippen MR) is 125 cm³/mol. The van der Waals surface area contributed by atoms with Gasteiger partial charge in [0, 0.05) is 12.0 Å². The molecule has 1 aromatic heterocycles. The number of benzene rings is 2. The van der Waals surface area contributed by atoms with Crippen LogP contribution >= 0.6 is 0 Å². The summed E-state index contributed by atoms with van der Waals surface area (Å²) in [6.45, 7) is 3.45. The molecule has 0 radical (unpaired) electrons. The van der Waals surface area contributed by atoms with Crippen LogP contribution in [0, 0.1) is 6.92 Å². The van der Waals surface area contributed by atoms with E-state index in [0.29, 0.717) is 29.4 Å². The maximum Gasteiger partial charge on any atom is 0.511 e. The molecule has 0 bridgehead atoms. The summed E-state index contributed by atoms with van der Waals surface area (Å²) in [4.78, 5) is 16.6. The van der Waals surface area contributed by atoms with Crippen LogP contribution in [0.1, 0.15) is 23.9 Å². The zero-order valence-corrected chi connectivity index (χ0v) is 20.4. The number of nitrogens with one attached hydrogen (secondary N) is 1. The Morgan fingerprint density at radius 3 is 2.39 bits per heavy atom. The zero-order chi connectivity index (χ0) is 26.3. The van der Waals surface area contributed by atoms with E-state index in [2.05, 4.69) is 4.98 Å². The Labute approximate surface area is 206 Å². The summed E-state index contributed by atoms with van der Waals surface area (Å²) in [7, 11) is -5.74. The van der Waals surface area contributed by atoms with E-state index >= 15 is 0 Å². The fraction of sp³-hybridized carbons (Fsp3) is 0.333. The molecule has 12 heteroatoms. The maximum atomic E-state index is 12.8. The number of alkyl halides is 3. The number of oxazole rings is 1. The lowest BCUT2D eigenvalue weighted by Gasteiger charge is -2.18. The molecule has 1 N–H and O–H groups in total. The van der Waals surface area contributed by atoms with Crippen molar-refractivity contribution < 1.29 is 40.3 Å². The highest BCUT2D eigenvalue weighted by molar-refractivity contribution is 7.90. The summed E-state index contributed by atoms with van der Waals surface area (Å²) >= 11 is 0. The first-order chi connectivity index (χ1) is 17.0. The van der Waals surface area contributed by atoms with Gasteiger partial charge in [-0.2, -0.15) is 17.9 Å². The lowest BCUT2D eigenvalue weighted by atomic mass is 10.1. The standard InChI is InChI=1S/C24H25F3N2O6S/c1-3-33-23(30)21(29-36(31,32)24(25,26)27)15-17-9-11-19(12-10-17)34-14-13-20-16(2)35-22(28-20)18-7-5-4-6-8-18/h4-12,21,29H,3,13-15H2,1-2H3/t21-/m0/s1. The number of carbonyl (C=O) groups is 1. The molecule has 0 saturated carbocycles. The van der Waals surface area contributed by atoms with Crippen LogP contribution in [0.5, 0.6) is 5.75 Å². The Bertz CT molecular complexity index is 1260. The van der Waals surface area contributed by atoms with Crippen molar-refractivity contribution in [3.8, 4) is 17.2 Å². The van der Waals surface area contributed by atoms with Gasteiger partial charge in [0.25, 0.3) is 0 Å². The summed E-state index contributed by atoms with van der Waals surface area (Å²) in [6.07, 6.45) is 0.142. The van der Waals surface area contributed by atoms with Crippen molar-refractivity contribution in [3.63, 3.8) is 0 Å². The SMILES string of the molecule is CCOC(=O)[C@H](Cc1ccc(OCCc2nc(-c3ccccc3)oc2C)cc1)NS(=O)(=O)C(F)(F)F. The van der Waals surface area contributed by atoms with Gasteiger partial charge in [-0.05, 0) is 50.1 Å². The highest BCUT2D eigenvalue weighted by Gasteiger charge is 2.47. The van der Waals surface area contributed by atoms with Gasteiger partial charge < -0.3 is 13.9 Å². The molecule has 3 aromatic rings. The Kier molecular flexibility index (Phi) is 8.75. The normalized spacial score (nSPS) is 12.8. The molecule has 0 saturated heterocycles. The van der Waals surface area contributed by atoms with Gasteiger partial charge in [0.2, 0.25) is 5.89 Å². The summed E-state index contributed by atoms with van der Waals surface area (Å²) in [6, 6.07) is 13.9. The van der Waals surface area contributed by atoms with Crippen molar-refractivity contribution in [1.82, 2.24) is 9.71 Å². The number of sulfonamides is 1. The Morgan fingerprint density at radius 2 is 1.78 bits per heavy atom. The van der Waals surface area contributed by atoms with E-state index in [4.69, 9.17) is 13.9 Å². The predicted octanol–water partition coefficient (Wildman–Crippen LogP) is 4.18. The van der Waals surface area contributed by atoms with E-state index in [-0.39, 0.29) is 19.6 Å². The third-order valence-electron chi connectivity index (χ3n) is 5.06. The molecule has 1 heterocycles. The molecule has 0 aliphatic heterocycles. The van der Waals surface area contributed by atoms with Gasteiger partial charge in [-0.25, -0.2) is 13.4 Å². The lowest BCUT2D eigenvalue weighted by molar-refractivity contribution is -0.145. The van der Waals surface area contributed by atoms with Crippen molar-refractivity contribution in [2.45, 2.75) is 38.2 Å². The number of rotatable bonds is 11. The third kappa shape index (κ3) is 7.08. The number of hydrogen-bond acceptors (Lipinski definition) is 7. The number of aryl methyl sites for hydroxylation is 1. The Morgan fingerprint density at radius 1 is 1.11 bits per heavy atom. The van der Waals surface area contributed by atoms with Crippen molar-refractivity contribution in [1.29, 1.82) is 0 Å². The fourth-order valence-corrected chi connectivity index (χ4v) is 3.95. The topological polar surface area (TPSA) is 108 Å². The van der Waals surface area contributed by atoms with Gasteiger partial charge >= 0.3 is 21.5 Å². The summed E-state index contributed by atoms with van der Waals surface area (Å²) in [5.41, 5.74) is -3.54. The van der Waals surface area contributed by atoms with E-state index in [0.717, 1.165) is 11.3 Å². The number of ether oxygens (including phenoxy) is 2.